The number of hydrogen-bond donors (Lipinski definition) is 0. The van der Waals surface area contributed by atoms with Crippen LogP contribution in [0.1, 0.15) is 12.5 Å². The number of nitro benzene ring substituents is 1. The molecule has 0 saturated heterocycles. The van der Waals surface area contributed by atoms with Crippen LogP contribution >= 0.6 is 34.5 Å². The van der Waals surface area contributed by atoms with Crippen LogP contribution in [0.5, 0.6) is 0 Å². The van der Waals surface area contributed by atoms with Crippen molar-refractivity contribution in [3.05, 3.63) is 73.0 Å². The Morgan fingerprint density at radius 2 is 2.06 bits per heavy atom. The van der Waals surface area contributed by atoms with Crippen LogP contribution in [0, 0.1) is 10.1 Å². The first kappa shape index (κ1) is 22.7. The second-order valence-corrected chi connectivity index (χ2v) is 8.00. The van der Waals surface area contributed by atoms with Crippen LogP contribution in [-0.4, -0.2) is 28.0 Å². The second kappa shape index (κ2) is 9.86. The van der Waals surface area contributed by atoms with Crippen molar-refractivity contribution in [1.82, 2.24) is 4.57 Å². The van der Waals surface area contributed by atoms with E-state index in [1.54, 1.807) is 19.1 Å². The predicted octanol–water partition coefficient (Wildman–Crippen LogP) is 4.62. The number of non-ortho nitro benzene ring substituents is 1. The van der Waals surface area contributed by atoms with Gasteiger partial charge in [-0.05, 0) is 30.7 Å². The molecule has 160 valence electrons. The number of carbonyl (C=O) groups is 2. The average molecular weight is 480 g/mol. The quantitative estimate of drug-likeness (QED) is 0.222. The van der Waals surface area contributed by atoms with Gasteiger partial charge < -0.3 is 9.30 Å². The van der Waals surface area contributed by atoms with Crippen LogP contribution in [0.4, 0.5) is 5.69 Å². The van der Waals surface area contributed by atoms with Gasteiger partial charge in [-0.25, -0.2) is 0 Å². The maximum absolute atomic E-state index is 12.4. The number of esters is 1. The zero-order chi connectivity index (χ0) is 22.5. The minimum absolute atomic E-state index is 0.0881. The van der Waals surface area contributed by atoms with E-state index in [-0.39, 0.29) is 23.6 Å². The van der Waals surface area contributed by atoms with Crippen LogP contribution in [-0.2, 0) is 20.9 Å². The molecule has 0 unspecified atom stereocenters. The molecule has 0 atom stereocenters. The van der Waals surface area contributed by atoms with Crippen molar-refractivity contribution in [2.24, 2.45) is 4.99 Å². The van der Waals surface area contributed by atoms with Crippen molar-refractivity contribution in [2.45, 2.75) is 13.5 Å². The van der Waals surface area contributed by atoms with Gasteiger partial charge in [-0.2, -0.15) is 4.99 Å². The van der Waals surface area contributed by atoms with E-state index in [0.717, 1.165) is 11.3 Å². The monoisotopic (exact) mass is 479 g/mol. The third kappa shape index (κ3) is 5.57. The number of nitrogens with zero attached hydrogens (tertiary/aromatic N) is 3. The van der Waals surface area contributed by atoms with Gasteiger partial charge in [-0.3, -0.25) is 19.7 Å². The van der Waals surface area contributed by atoms with E-state index in [1.165, 1.54) is 41.0 Å². The molecule has 0 fully saturated rings. The average Bonchev–Trinajstić information content (AvgIpc) is 3.03. The summed E-state index contributed by atoms with van der Waals surface area (Å²) in [6.45, 7) is 1.71. The largest absolute Gasteiger partial charge is 0.465 e. The Morgan fingerprint density at radius 3 is 2.77 bits per heavy atom. The van der Waals surface area contributed by atoms with Crippen molar-refractivity contribution < 1.29 is 19.2 Å². The lowest BCUT2D eigenvalue weighted by Crippen LogP contribution is -2.23. The first-order valence-corrected chi connectivity index (χ1v) is 10.5. The molecule has 0 radical (unpaired) electrons. The lowest BCUT2D eigenvalue weighted by atomic mass is 10.2. The number of hydrogen-bond acceptors (Lipinski definition) is 6. The normalized spacial score (nSPS) is 11.9. The van der Waals surface area contributed by atoms with Crippen LogP contribution in [0.15, 0.2) is 47.5 Å². The molecule has 0 aliphatic carbocycles. The second-order valence-electron chi connectivity index (χ2n) is 6.15. The topological polar surface area (TPSA) is 104 Å². The van der Waals surface area contributed by atoms with Crippen LogP contribution in [0.25, 0.3) is 16.3 Å². The highest BCUT2D eigenvalue weighted by Gasteiger charge is 2.15. The van der Waals surface area contributed by atoms with Crippen molar-refractivity contribution in [3.63, 3.8) is 0 Å². The Bertz CT molecular complexity index is 1280. The zero-order valence-corrected chi connectivity index (χ0v) is 18.4. The molecular weight excluding hydrogens is 465 g/mol. The number of benzene rings is 2. The molecule has 3 rings (SSSR count). The van der Waals surface area contributed by atoms with Crippen LogP contribution in [0.3, 0.4) is 0 Å². The summed E-state index contributed by atoms with van der Waals surface area (Å²) in [5.41, 5.74) is 0.900. The summed E-state index contributed by atoms with van der Waals surface area (Å²) in [4.78, 5) is 39.2. The third-order valence-corrected chi connectivity index (χ3v) is 5.52. The summed E-state index contributed by atoms with van der Waals surface area (Å²) in [5.74, 6) is -1.12. The van der Waals surface area contributed by atoms with Gasteiger partial charge in [-0.15, -0.1) is 0 Å². The maximum Gasteiger partial charge on any atom is 0.326 e. The van der Waals surface area contributed by atoms with E-state index < -0.39 is 16.8 Å². The number of fused-ring (bicyclic) bond motifs is 1. The van der Waals surface area contributed by atoms with Crippen molar-refractivity contribution in [2.75, 3.05) is 6.61 Å². The minimum atomic E-state index is -0.613. The number of amides is 1. The Hall–Kier alpha value is -3.01. The molecule has 31 heavy (non-hydrogen) atoms. The molecule has 3 aromatic rings. The highest BCUT2D eigenvalue weighted by Crippen LogP contribution is 2.29. The zero-order valence-electron chi connectivity index (χ0n) is 16.1. The lowest BCUT2D eigenvalue weighted by molar-refractivity contribution is -0.384. The first-order valence-electron chi connectivity index (χ1n) is 8.93. The van der Waals surface area contributed by atoms with Crippen molar-refractivity contribution in [1.29, 1.82) is 0 Å². The summed E-state index contributed by atoms with van der Waals surface area (Å²) in [6.07, 6.45) is 2.61. The van der Waals surface area contributed by atoms with E-state index in [2.05, 4.69) is 4.99 Å². The molecule has 8 nitrogen and oxygen atoms in total. The Balaban J connectivity index is 2.01. The number of ether oxygens (including phenoxy) is 1. The molecule has 0 N–H and O–H groups in total. The molecule has 0 bridgehead atoms. The van der Waals surface area contributed by atoms with Gasteiger partial charge in [0.1, 0.15) is 6.54 Å². The van der Waals surface area contributed by atoms with Crippen LogP contribution in [0.2, 0.25) is 10.0 Å². The summed E-state index contributed by atoms with van der Waals surface area (Å²) in [7, 11) is 0. The Morgan fingerprint density at radius 1 is 1.29 bits per heavy atom. The molecule has 11 heteroatoms. The van der Waals surface area contributed by atoms with Gasteiger partial charge in [-0.1, -0.05) is 46.7 Å². The van der Waals surface area contributed by atoms with Gasteiger partial charge in [0.2, 0.25) is 0 Å². The molecule has 1 aromatic heterocycles. The van der Waals surface area contributed by atoms with E-state index in [9.17, 15) is 19.7 Å². The molecule has 1 amide bonds. The number of halogens is 2. The first-order chi connectivity index (χ1) is 14.8. The van der Waals surface area contributed by atoms with Gasteiger partial charge in [0.15, 0.2) is 4.80 Å². The summed E-state index contributed by atoms with van der Waals surface area (Å²) in [5, 5.41) is 11.6. The number of thiazole rings is 1. The fourth-order valence-corrected chi connectivity index (χ4v) is 4.56. The number of rotatable bonds is 6. The fraction of sp³-hybridized carbons (Fsp3) is 0.150. The molecule has 0 aliphatic heterocycles. The summed E-state index contributed by atoms with van der Waals surface area (Å²) < 4.78 is 7.15. The maximum atomic E-state index is 12.4. The summed E-state index contributed by atoms with van der Waals surface area (Å²) in [6, 6.07) is 9.04. The van der Waals surface area contributed by atoms with E-state index >= 15 is 0 Å². The van der Waals surface area contributed by atoms with Crippen molar-refractivity contribution >= 4 is 68.4 Å². The van der Waals surface area contributed by atoms with Gasteiger partial charge in [0.25, 0.3) is 11.6 Å². The molecule has 0 spiro atoms. The Labute approximate surface area is 190 Å². The third-order valence-electron chi connectivity index (χ3n) is 3.99. The van der Waals surface area contributed by atoms with Crippen LogP contribution < -0.4 is 4.80 Å². The Kier molecular flexibility index (Phi) is 7.21. The number of carbonyl (C=O) groups excluding carboxylic acids is 2. The summed E-state index contributed by atoms with van der Waals surface area (Å²) >= 11 is 13.5. The minimum Gasteiger partial charge on any atom is -0.465 e. The highest BCUT2D eigenvalue weighted by atomic mass is 35.5. The van der Waals surface area contributed by atoms with E-state index in [1.807, 2.05) is 0 Å². The standard InChI is InChI=1S/C20H15Cl2N3O5S/c1-2-30-18(27)11-24-19-15(22)9-13(21)10-16(19)31-20(24)23-17(26)7-6-12-4-3-5-14(8-12)25(28)29/h3-10H,2,11H2,1H3/b7-6+,23-20?. The smallest absolute Gasteiger partial charge is 0.326 e. The van der Waals surface area contributed by atoms with Gasteiger partial charge in [0.05, 0.1) is 26.8 Å². The SMILES string of the molecule is CCOC(=O)Cn1c(=NC(=O)/C=C/c2cccc([N+](=O)[O-])c2)sc2cc(Cl)cc(Cl)c21. The van der Waals surface area contributed by atoms with E-state index in [4.69, 9.17) is 27.9 Å². The molecule has 0 saturated carbocycles. The lowest BCUT2D eigenvalue weighted by Gasteiger charge is -2.06. The van der Waals surface area contributed by atoms with Gasteiger partial charge in [0, 0.05) is 23.2 Å². The predicted molar refractivity (Wildman–Crippen MR) is 119 cm³/mol. The highest BCUT2D eigenvalue weighted by molar-refractivity contribution is 7.16. The molecule has 2 aromatic carbocycles. The number of aromatic nitrogens is 1. The molecular formula is C20H15Cl2N3O5S. The molecule has 0 aliphatic rings. The number of nitro groups is 1. The fourth-order valence-electron chi connectivity index (χ4n) is 2.74. The molecule has 1 heterocycles. The van der Waals surface area contributed by atoms with Gasteiger partial charge >= 0.3 is 5.97 Å². The van der Waals surface area contributed by atoms with Crippen molar-refractivity contribution in [3.8, 4) is 0 Å². The van der Waals surface area contributed by atoms with E-state index in [0.29, 0.717) is 25.8 Å².